The zero-order chi connectivity index (χ0) is 13.0. The van der Waals surface area contributed by atoms with Crippen molar-refractivity contribution in [2.45, 2.75) is 13.0 Å². The van der Waals surface area contributed by atoms with Gasteiger partial charge < -0.3 is 10.1 Å². The van der Waals surface area contributed by atoms with Gasteiger partial charge in [0.15, 0.2) is 17.5 Å². The quantitative estimate of drug-likeness (QED) is 0.825. The SMILES string of the molecule is COCC(C)NC(=O)c1cc(F)c(F)c(F)c1. The van der Waals surface area contributed by atoms with Gasteiger partial charge in [0, 0.05) is 18.7 Å². The topological polar surface area (TPSA) is 38.3 Å². The molecule has 0 aromatic heterocycles. The Balaban J connectivity index is 2.83. The third-order valence-electron chi connectivity index (χ3n) is 2.04. The maximum atomic E-state index is 12.9. The highest BCUT2D eigenvalue weighted by Crippen LogP contribution is 2.13. The lowest BCUT2D eigenvalue weighted by Gasteiger charge is -2.12. The minimum absolute atomic E-state index is 0.262. The Hall–Kier alpha value is -1.56. The molecule has 1 aromatic rings. The van der Waals surface area contributed by atoms with Gasteiger partial charge in [0.2, 0.25) is 0 Å². The van der Waals surface area contributed by atoms with Crippen molar-refractivity contribution in [3.05, 3.63) is 35.1 Å². The van der Waals surface area contributed by atoms with Gasteiger partial charge in [-0.2, -0.15) is 0 Å². The van der Waals surface area contributed by atoms with Gasteiger partial charge in [0.05, 0.1) is 6.61 Å². The molecule has 1 rings (SSSR count). The number of hydrogen-bond acceptors (Lipinski definition) is 2. The molecule has 3 nitrogen and oxygen atoms in total. The first-order chi connectivity index (χ1) is 7.95. The molecule has 0 aliphatic carbocycles. The van der Waals surface area contributed by atoms with Gasteiger partial charge in [0.1, 0.15) is 0 Å². The third-order valence-corrected chi connectivity index (χ3v) is 2.04. The van der Waals surface area contributed by atoms with E-state index in [0.29, 0.717) is 12.1 Å². The zero-order valence-corrected chi connectivity index (χ0v) is 9.39. The molecular formula is C11H12F3NO2. The van der Waals surface area contributed by atoms with Crippen LogP contribution in [0.4, 0.5) is 13.2 Å². The Morgan fingerprint density at radius 3 is 2.35 bits per heavy atom. The van der Waals surface area contributed by atoms with Crippen LogP contribution in [0.3, 0.4) is 0 Å². The maximum absolute atomic E-state index is 12.9. The minimum Gasteiger partial charge on any atom is -0.383 e. The van der Waals surface area contributed by atoms with E-state index in [-0.39, 0.29) is 18.2 Å². The van der Waals surface area contributed by atoms with E-state index in [4.69, 9.17) is 4.74 Å². The molecule has 0 spiro atoms. The number of rotatable bonds is 4. The van der Waals surface area contributed by atoms with Crippen molar-refractivity contribution in [1.29, 1.82) is 0 Å². The van der Waals surface area contributed by atoms with Gasteiger partial charge in [-0.15, -0.1) is 0 Å². The van der Waals surface area contributed by atoms with Crippen LogP contribution >= 0.6 is 0 Å². The predicted molar refractivity (Wildman–Crippen MR) is 55.1 cm³/mol. The van der Waals surface area contributed by atoms with E-state index in [1.165, 1.54) is 7.11 Å². The Bertz CT molecular complexity index is 400. The van der Waals surface area contributed by atoms with Crippen molar-refractivity contribution >= 4 is 5.91 Å². The number of carbonyl (C=O) groups is 1. The summed E-state index contributed by atoms with van der Waals surface area (Å²) in [5.41, 5.74) is -0.274. The molecular weight excluding hydrogens is 235 g/mol. The highest BCUT2D eigenvalue weighted by Gasteiger charge is 2.16. The Morgan fingerprint density at radius 2 is 1.88 bits per heavy atom. The van der Waals surface area contributed by atoms with Crippen LogP contribution in [0.1, 0.15) is 17.3 Å². The summed E-state index contributed by atoms with van der Waals surface area (Å²) in [6.45, 7) is 1.93. The molecule has 0 heterocycles. The fourth-order valence-corrected chi connectivity index (χ4v) is 1.29. The molecule has 1 atom stereocenters. The summed E-state index contributed by atoms with van der Waals surface area (Å²) < 4.78 is 43.2. The monoisotopic (exact) mass is 247 g/mol. The lowest BCUT2D eigenvalue weighted by molar-refractivity contribution is 0.0904. The van der Waals surface area contributed by atoms with Crippen LogP contribution in [0.2, 0.25) is 0 Å². The van der Waals surface area contributed by atoms with Gasteiger partial charge in [0.25, 0.3) is 5.91 Å². The summed E-state index contributed by atoms with van der Waals surface area (Å²) in [5.74, 6) is -5.07. The van der Waals surface area contributed by atoms with E-state index >= 15 is 0 Å². The molecule has 6 heteroatoms. The van der Waals surface area contributed by atoms with Crippen LogP contribution in [-0.4, -0.2) is 25.7 Å². The molecule has 0 aliphatic heterocycles. The fourth-order valence-electron chi connectivity index (χ4n) is 1.29. The van der Waals surface area contributed by atoms with Crippen LogP contribution in [0.25, 0.3) is 0 Å². The molecule has 1 unspecified atom stereocenters. The summed E-state index contributed by atoms with van der Waals surface area (Å²) in [5, 5.41) is 2.45. The molecule has 0 saturated carbocycles. The fraction of sp³-hybridized carbons (Fsp3) is 0.364. The number of ether oxygens (including phenoxy) is 1. The Morgan fingerprint density at radius 1 is 1.35 bits per heavy atom. The second kappa shape index (κ2) is 5.67. The van der Waals surface area contributed by atoms with Crippen molar-refractivity contribution in [3.63, 3.8) is 0 Å². The third kappa shape index (κ3) is 3.45. The van der Waals surface area contributed by atoms with Crippen LogP contribution < -0.4 is 5.32 Å². The Kier molecular flexibility index (Phi) is 4.51. The summed E-state index contributed by atoms with van der Waals surface area (Å²) in [7, 11) is 1.46. The predicted octanol–water partition coefficient (Wildman–Crippen LogP) is 1.87. The number of hydrogen-bond donors (Lipinski definition) is 1. The Labute approximate surface area is 96.6 Å². The summed E-state index contributed by atoms with van der Waals surface area (Å²) >= 11 is 0. The zero-order valence-electron chi connectivity index (χ0n) is 9.39. The van der Waals surface area contributed by atoms with E-state index in [1.54, 1.807) is 6.92 Å². The van der Waals surface area contributed by atoms with Gasteiger partial charge >= 0.3 is 0 Å². The van der Waals surface area contributed by atoms with E-state index in [2.05, 4.69) is 5.32 Å². The first-order valence-electron chi connectivity index (χ1n) is 4.90. The van der Waals surface area contributed by atoms with Crippen LogP contribution in [0, 0.1) is 17.5 Å². The second-order valence-corrected chi connectivity index (χ2v) is 3.58. The lowest BCUT2D eigenvalue weighted by atomic mass is 10.2. The number of carbonyl (C=O) groups excluding carboxylic acids is 1. The molecule has 0 radical (unpaired) electrons. The highest BCUT2D eigenvalue weighted by molar-refractivity contribution is 5.94. The summed E-state index contributed by atoms with van der Waals surface area (Å²) in [4.78, 5) is 11.5. The highest BCUT2D eigenvalue weighted by atomic mass is 19.2. The number of benzene rings is 1. The molecule has 0 bridgehead atoms. The van der Waals surface area contributed by atoms with Crippen molar-refractivity contribution in [2.24, 2.45) is 0 Å². The number of amides is 1. The van der Waals surface area contributed by atoms with Crippen molar-refractivity contribution in [1.82, 2.24) is 5.32 Å². The van der Waals surface area contributed by atoms with Crippen molar-refractivity contribution in [2.75, 3.05) is 13.7 Å². The van der Waals surface area contributed by atoms with Gasteiger partial charge in [-0.25, -0.2) is 13.2 Å². The van der Waals surface area contributed by atoms with Gasteiger partial charge in [-0.3, -0.25) is 4.79 Å². The second-order valence-electron chi connectivity index (χ2n) is 3.58. The molecule has 1 aromatic carbocycles. The number of methoxy groups -OCH3 is 1. The van der Waals surface area contributed by atoms with E-state index < -0.39 is 23.4 Å². The standard InChI is InChI=1S/C11H12F3NO2/c1-6(5-17-2)15-11(16)7-3-8(12)10(14)9(13)4-7/h3-4,6H,5H2,1-2H3,(H,15,16). The normalized spacial score (nSPS) is 12.3. The summed E-state index contributed by atoms with van der Waals surface area (Å²) in [6.07, 6.45) is 0. The van der Waals surface area contributed by atoms with Crippen LogP contribution in [-0.2, 0) is 4.74 Å². The summed E-state index contributed by atoms with van der Waals surface area (Å²) in [6, 6.07) is 0.976. The molecule has 0 fully saturated rings. The molecule has 0 saturated heterocycles. The van der Waals surface area contributed by atoms with Gasteiger partial charge in [-0.1, -0.05) is 0 Å². The van der Waals surface area contributed by atoms with E-state index in [1.807, 2.05) is 0 Å². The minimum atomic E-state index is -1.59. The largest absolute Gasteiger partial charge is 0.383 e. The first kappa shape index (κ1) is 13.5. The first-order valence-corrected chi connectivity index (χ1v) is 4.90. The molecule has 1 N–H and O–H groups in total. The number of halogens is 3. The average Bonchev–Trinajstić information content (AvgIpc) is 2.25. The van der Waals surface area contributed by atoms with Crippen LogP contribution in [0.15, 0.2) is 12.1 Å². The van der Waals surface area contributed by atoms with Gasteiger partial charge in [-0.05, 0) is 19.1 Å². The van der Waals surface area contributed by atoms with Crippen molar-refractivity contribution < 1.29 is 22.7 Å². The molecule has 1 amide bonds. The molecule has 94 valence electrons. The maximum Gasteiger partial charge on any atom is 0.251 e. The van der Waals surface area contributed by atoms with E-state index in [9.17, 15) is 18.0 Å². The molecule has 0 aliphatic rings. The lowest BCUT2D eigenvalue weighted by Crippen LogP contribution is -2.35. The molecule has 17 heavy (non-hydrogen) atoms. The average molecular weight is 247 g/mol. The van der Waals surface area contributed by atoms with E-state index in [0.717, 1.165) is 0 Å². The van der Waals surface area contributed by atoms with Crippen LogP contribution in [0.5, 0.6) is 0 Å². The van der Waals surface area contributed by atoms with Crippen molar-refractivity contribution in [3.8, 4) is 0 Å². The number of nitrogens with one attached hydrogen (secondary N) is 1. The smallest absolute Gasteiger partial charge is 0.251 e.